The average Bonchev–Trinajstić information content (AvgIpc) is 2.82. The summed E-state index contributed by atoms with van der Waals surface area (Å²) in [6.07, 6.45) is 3.71. The highest BCUT2D eigenvalue weighted by Gasteiger charge is 2.19. The maximum Gasteiger partial charge on any atom is 0.270 e. The van der Waals surface area contributed by atoms with Crippen molar-refractivity contribution in [1.29, 1.82) is 0 Å². The monoisotopic (exact) mass is 496 g/mol. The molecule has 0 aliphatic rings. The minimum atomic E-state index is -0.230. The van der Waals surface area contributed by atoms with E-state index in [1.165, 1.54) is 0 Å². The standard InChI is InChI=1S/C30H32N4O3/c1-18(2)13-26-29(37)34-25-15-23(31-16-19-9-6-7-12-27(19)35)22(14-24(25)33-26)32-17-20-10-8-11-21(28(20)36)30(3,4)5/h6-12,14-18,35-36H,13H2,1-5H3,(H,34,37). The molecular weight excluding hydrogens is 464 g/mol. The van der Waals surface area contributed by atoms with Gasteiger partial charge in [0.05, 0.1) is 22.4 Å². The van der Waals surface area contributed by atoms with Crippen molar-refractivity contribution in [2.24, 2.45) is 15.9 Å². The van der Waals surface area contributed by atoms with Crippen molar-refractivity contribution in [3.8, 4) is 11.5 Å². The number of para-hydroxylation sites is 2. The Bertz CT molecular complexity index is 1560. The first-order chi connectivity index (χ1) is 17.5. The van der Waals surface area contributed by atoms with Crippen molar-refractivity contribution in [2.45, 2.75) is 46.5 Å². The van der Waals surface area contributed by atoms with E-state index in [9.17, 15) is 15.0 Å². The van der Waals surface area contributed by atoms with Crippen LogP contribution in [0.5, 0.6) is 11.5 Å². The van der Waals surface area contributed by atoms with E-state index in [4.69, 9.17) is 0 Å². The number of nitrogens with zero attached hydrogens (tertiary/aromatic N) is 3. The maximum absolute atomic E-state index is 12.6. The Labute approximate surface area is 216 Å². The molecule has 0 unspecified atom stereocenters. The molecule has 37 heavy (non-hydrogen) atoms. The van der Waals surface area contributed by atoms with Gasteiger partial charge in [0.1, 0.15) is 17.2 Å². The summed E-state index contributed by atoms with van der Waals surface area (Å²) in [6, 6.07) is 16.0. The van der Waals surface area contributed by atoms with Crippen LogP contribution < -0.4 is 5.56 Å². The highest BCUT2D eigenvalue weighted by molar-refractivity contribution is 5.93. The van der Waals surface area contributed by atoms with Crippen molar-refractivity contribution in [3.63, 3.8) is 0 Å². The van der Waals surface area contributed by atoms with Gasteiger partial charge < -0.3 is 15.2 Å². The van der Waals surface area contributed by atoms with E-state index in [0.29, 0.717) is 45.6 Å². The summed E-state index contributed by atoms with van der Waals surface area (Å²) < 4.78 is 0. The smallest absolute Gasteiger partial charge is 0.270 e. The first-order valence-electron chi connectivity index (χ1n) is 12.3. The normalized spacial score (nSPS) is 12.4. The molecule has 3 N–H and O–H groups in total. The van der Waals surface area contributed by atoms with Gasteiger partial charge >= 0.3 is 0 Å². The van der Waals surface area contributed by atoms with Crippen LogP contribution in [0.15, 0.2) is 69.4 Å². The van der Waals surface area contributed by atoms with Gasteiger partial charge in [0, 0.05) is 23.6 Å². The van der Waals surface area contributed by atoms with E-state index in [1.54, 1.807) is 48.8 Å². The van der Waals surface area contributed by atoms with Crippen LogP contribution >= 0.6 is 0 Å². The van der Waals surface area contributed by atoms with Gasteiger partial charge in [0.25, 0.3) is 5.56 Å². The van der Waals surface area contributed by atoms with Crippen molar-refractivity contribution >= 4 is 34.8 Å². The van der Waals surface area contributed by atoms with Crippen LogP contribution in [0.1, 0.15) is 57.0 Å². The molecule has 0 aliphatic heterocycles. The highest BCUT2D eigenvalue weighted by atomic mass is 16.3. The SMILES string of the molecule is CC(C)Cc1nc2cc(N=Cc3cccc(C(C)(C)C)c3O)c(N=Cc3ccccc3O)cc2[nH]c1=O. The zero-order valence-electron chi connectivity index (χ0n) is 21.8. The third kappa shape index (κ3) is 5.94. The molecule has 0 atom stereocenters. The number of nitrogens with one attached hydrogen (secondary N) is 1. The largest absolute Gasteiger partial charge is 0.507 e. The Kier molecular flexibility index (Phi) is 7.25. The quantitative estimate of drug-likeness (QED) is 0.271. The lowest BCUT2D eigenvalue weighted by atomic mass is 9.85. The number of hydrogen-bond acceptors (Lipinski definition) is 6. The molecule has 1 aromatic heterocycles. The van der Waals surface area contributed by atoms with Gasteiger partial charge in [0.15, 0.2) is 0 Å². The molecule has 0 bridgehead atoms. The predicted octanol–water partition coefficient (Wildman–Crippen LogP) is 6.33. The number of aromatic hydroxyl groups is 2. The number of hydrogen-bond donors (Lipinski definition) is 3. The first kappa shape index (κ1) is 25.8. The Morgan fingerprint density at radius 1 is 0.946 bits per heavy atom. The van der Waals surface area contributed by atoms with Gasteiger partial charge in [-0.05, 0) is 53.6 Å². The Balaban J connectivity index is 1.85. The van der Waals surface area contributed by atoms with Crippen molar-refractivity contribution in [2.75, 3.05) is 0 Å². The van der Waals surface area contributed by atoms with Gasteiger partial charge in [-0.15, -0.1) is 0 Å². The zero-order valence-corrected chi connectivity index (χ0v) is 21.8. The molecule has 0 saturated carbocycles. The average molecular weight is 497 g/mol. The lowest BCUT2D eigenvalue weighted by Crippen LogP contribution is -2.17. The number of benzene rings is 3. The van der Waals surface area contributed by atoms with Crippen molar-refractivity contribution in [1.82, 2.24) is 9.97 Å². The summed E-state index contributed by atoms with van der Waals surface area (Å²) in [4.78, 5) is 29.4. The first-order valence-corrected chi connectivity index (χ1v) is 12.3. The Morgan fingerprint density at radius 3 is 2.27 bits per heavy atom. The molecule has 0 saturated heterocycles. The van der Waals surface area contributed by atoms with Crippen LogP contribution in [0.25, 0.3) is 11.0 Å². The Hall–Kier alpha value is -4.26. The summed E-state index contributed by atoms with van der Waals surface area (Å²) in [6.45, 7) is 10.2. The number of rotatable bonds is 6. The second-order valence-electron chi connectivity index (χ2n) is 10.5. The molecule has 0 aliphatic carbocycles. The lowest BCUT2D eigenvalue weighted by Gasteiger charge is -2.21. The molecule has 1 heterocycles. The highest BCUT2D eigenvalue weighted by Crippen LogP contribution is 2.35. The number of aromatic nitrogens is 2. The fourth-order valence-corrected chi connectivity index (χ4v) is 4.03. The molecule has 3 aromatic carbocycles. The van der Waals surface area contributed by atoms with Crippen molar-refractivity contribution in [3.05, 3.63) is 87.3 Å². The molecule has 7 nitrogen and oxygen atoms in total. The van der Waals surface area contributed by atoms with Gasteiger partial charge in [-0.3, -0.25) is 14.8 Å². The Morgan fingerprint density at radius 2 is 1.59 bits per heavy atom. The van der Waals surface area contributed by atoms with Crippen LogP contribution in [0.2, 0.25) is 0 Å². The van der Waals surface area contributed by atoms with Crippen LogP contribution in [0, 0.1) is 5.92 Å². The maximum atomic E-state index is 12.6. The third-order valence-electron chi connectivity index (χ3n) is 5.96. The van der Waals surface area contributed by atoms with Gasteiger partial charge in [0.2, 0.25) is 0 Å². The molecule has 7 heteroatoms. The summed E-state index contributed by atoms with van der Waals surface area (Å²) in [5, 5.41) is 21.0. The van der Waals surface area contributed by atoms with E-state index in [1.807, 2.05) is 52.8 Å². The van der Waals surface area contributed by atoms with E-state index in [2.05, 4.69) is 20.0 Å². The van der Waals surface area contributed by atoms with Crippen molar-refractivity contribution < 1.29 is 10.2 Å². The van der Waals surface area contributed by atoms with Crippen LogP contribution in [-0.4, -0.2) is 32.6 Å². The predicted molar refractivity (Wildman–Crippen MR) is 150 cm³/mol. The minimum Gasteiger partial charge on any atom is -0.507 e. The molecule has 0 amide bonds. The van der Waals surface area contributed by atoms with Gasteiger partial charge in [-0.1, -0.05) is 58.9 Å². The zero-order chi connectivity index (χ0) is 26.7. The molecule has 0 spiro atoms. The molecule has 0 fully saturated rings. The topological polar surface area (TPSA) is 111 Å². The summed E-state index contributed by atoms with van der Waals surface area (Å²) >= 11 is 0. The molecular formula is C30H32N4O3. The second kappa shape index (κ2) is 10.4. The summed E-state index contributed by atoms with van der Waals surface area (Å²) in [5.41, 5.74) is 4.09. The number of aliphatic imine (C=N–C) groups is 2. The van der Waals surface area contributed by atoms with Crippen LogP contribution in [0.4, 0.5) is 11.4 Å². The number of aromatic amines is 1. The third-order valence-corrected chi connectivity index (χ3v) is 5.96. The van der Waals surface area contributed by atoms with E-state index < -0.39 is 0 Å². The van der Waals surface area contributed by atoms with E-state index in [-0.39, 0.29) is 28.4 Å². The van der Waals surface area contributed by atoms with Gasteiger partial charge in [-0.2, -0.15) is 0 Å². The summed E-state index contributed by atoms with van der Waals surface area (Å²) in [7, 11) is 0. The van der Waals surface area contributed by atoms with Crippen LogP contribution in [-0.2, 0) is 11.8 Å². The number of fused-ring (bicyclic) bond motifs is 1. The molecule has 0 radical (unpaired) electrons. The molecule has 4 rings (SSSR count). The number of H-pyrrole nitrogens is 1. The fraction of sp³-hybridized carbons (Fsp3) is 0.267. The van der Waals surface area contributed by atoms with Gasteiger partial charge in [-0.25, -0.2) is 4.98 Å². The fourth-order valence-electron chi connectivity index (χ4n) is 4.03. The lowest BCUT2D eigenvalue weighted by molar-refractivity contribution is 0.446. The molecule has 190 valence electrons. The minimum absolute atomic E-state index is 0.106. The van der Waals surface area contributed by atoms with E-state index in [0.717, 1.165) is 5.56 Å². The number of phenols is 2. The summed E-state index contributed by atoms with van der Waals surface area (Å²) in [5.74, 6) is 0.568. The van der Waals surface area contributed by atoms with E-state index >= 15 is 0 Å². The molecule has 4 aromatic rings. The second-order valence-corrected chi connectivity index (χ2v) is 10.5. The van der Waals surface area contributed by atoms with Crippen LogP contribution in [0.3, 0.4) is 0 Å². The number of phenolic OH excluding ortho intramolecular Hbond substituents is 2.